The van der Waals surface area contributed by atoms with Crippen LogP contribution in [0.3, 0.4) is 0 Å². The fourth-order valence-corrected chi connectivity index (χ4v) is 1.34. The van der Waals surface area contributed by atoms with Gasteiger partial charge in [-0.1, -0.05) is 32.0 Å². The second kappa shape index (κ2) is 4.90. The molecule has 1 aromatic carbocycles. The lowest BCUT2D eigenvalue weighted by molar-refractivity contribution is 0.762. The molecule has 1 heteroatoms. The van der Waals surface area contributed by atoms with E-state index in [2.05, 4.69) is 50.4 Å². The summed E-state index contributed by atoms with van der Waals surface area (Å²) in [5, 5.41) is 3.51. The monoisotopic (exact) mass is 177 g/mol. The molecule has 0 aromatic heterocycles. The van der Waals surface area contributed by atoms with E-state index in [1.165, 1.54) is 11.3 Å². The molecule has 0 aliphatic heterocycles. The van der Waals surface area contributed by atoms with Gasteiger partial charge >= 0.3 is 0 Å². The highest BCUT2D eigenvalue weighted by Gasteiger charge is 2.01. The van der Waals surface area contributed by atoms with Crippen LogP contribution >= 0.6 is 0 Å². The zero-order valence-corrected chi connectivity index (χ0v) is 8.80. The van der Waals surface area contributed by atoms with Crippen LogP contribution in [-0.4, -0.2) is 6.04 Å². The Morgan fingerprint density at radius 3 is 2.54 bits per heavy atom. The van der Waals surface area contributed by atoms with Gasteiger partial charge in [0.25, 0.3) is 0 Å². The van der Waals surface area contributed by atoms with Gasteiger partial charge in [-0.2, -0.15) is 0 Å². The van der Waals surface area contributed by atoms with Gasteiger partial charge in [0.2, 0.25) is 0 Å². The highest BCUT2D eigenvalue weighted by molar-refractivity contribution is 5.51. The van der Waals surface area contributed by atoms with E-state index in [4.69, 9.17) is 0 Å². The lowest BCUT2D eigenvalue weighted by Gasteiger charge is -2.15. The van der Waals surface area contributed by atoms with E-state index in [9.17, 15) is 0 Å². The lowest BCUT2D eigenvalue weighted by Crippen LogP contribution is -2.14. The Bertz CT molecular complexity index is 255. The first-order valence-corrected chi connectivity index (χ1v) is 5.12. The molecule has 0 fully saturated rings. The molecule has 0 radical (unpaired) electrons. The van der Waals surface area contributed by atoms with E-state index in [1.54, 1.807) is 0 Å². The summed E-state index contributed by atoms with van der Waals surface area (Å²) in [6, 6.07) is 9.09. The minimum atomic E-state index is 0.563. The summed E-state index contributed by atoms with van der Waals surface area (Å²) in [5.74, 6) is 0. The van der Waals surface area contributed by atoms with Crippen molar-refractivity contribution in [2.75, 3.05) is 5.32 Å². The second-order valence-corrected chi connectivity index (χ2v) is 3.46. The first-order valence-electron chi connectivity index (χ1n) is 5.12. The maximum atomic E-state index is 3.51. The van der Waals surface area contributed by atoms with Crippen molar-refractivity contribution in [2.24, 2.45) is 0 Å². The van der Waals surface area contributed by atoms with Gasteiger partial charge in [0.15, 0.2) is 0 Å². The van der Waals surface area contributed by atoms with Crippen LogP contribution in [0.15, 0.2) is 24.3 Å². The zero-order valence-electron chi connectivity index (χ0n) is 8.80. The average Bonchev–Trinajstić information content (AvgIpc) is 2.18. The molecule has 1 N–H and O–H groups in total. The Hall–Kier alpha value is -0.980. The van der Waals surface area contributed by atoms with Crippen molar-refractivity contribution < 1.29 is 0 Å². The first kappa shape index (κ1) is 10.1. The van der Waals surface area contributed by atoms with Crippen molar-refractivity contribution in [3.05, 3.63) is 29.8 Å². The van der Waals surface area contributed by atoms with Gasteiger partial charge in [0.1, 0.15) is 0 Å². The highest BCUT2D eigenvalue weighted by Crippen LogP contribution is 2.16. The SMILES string of the molecule is CCc1ccccc1N[C@H](C)CC. The van der Waals surface area contributed by atoms with Crippen molar-refractivity contribution in [2.45, 2.75) is 39.7 Å². The fraction of sp³-hybridized carbons (Fsp3) is 0.500. The summed E-state index contributed by atoms with van der Waals surface area (Å²) in [7, 11) is 0. The molecule has 1 rings (SSSR count). The molecule has 0 aliphatic carbocycles. The van der Waals surface area contributed by atoms with E-state index >= 15 is 0 Å². The number of nitrogens with one attached hydrogen (secondary N) is 1. The van der Waals surface area contributed by atoms with Crippen molar-refractivity contribution in [3.63, 3.8) is 0 Å². The van der Waals surface area contributed by atoms with Gasteiger partial charge in [-0.3, -0.25) is 0 Å². The number of benzene rings is 1. The van der Waals surface area contributed by atoms with Crippen LogP contribution in [0.1, 0.15) is 32.8 Å². The van der Waals surface area contributed by atoms with Crippen LogP contribution in [0, 0.1) is 0 Å². The fourth-order valence-electron chi connectivity index (χ4n) is 1.34. The number of para-hydroxylation sites is 1. The van der Waals surface area contributed by atoms with Gasteiger partial charge in [-0.15, -0.1) is 0 Å². The molecule has 13 heavy (non-hydrogen) atoms. The molecular weight excluding hydrogens is 158 g/mol. The second-order valence-electron chi connectivity index (χ2n) is 3.46. The van der Waals surface area contributed by atoms with Gasteiger partial charge in [-0.25, -0.2) is 0 Å². The van der Waals surface area contributed by atoms with Crippen LogP contribution in [0.25, 0.3) is 0 Å². The predicted octanol–water partition coefficient (Wildman–Crippen LogP) is 3.46. The molecule has 0 unspecified atom stereocenters. The summed E-state index contributed by atoms with van der Waals surface area (Å²) in [4.78, 5) is 0. The van der Waals surface area contributed by atoms with Crippen molar-refractivity contribution in [1.29, 1.82) is 0 Å². The van der Waals surface area contributed by atoms with E-state index in [0.29, 0.717) is 6.04 Å². The molecule has 0 heterocycles. The van der Waals surface area contributed by atoms with E-state index < -0.39 is 0 Å². The Morgan fingerprint density at radius 2 is 1.92 bits per heavy atom. The zero-order chi connectivity index (χ0) is 9.68. The molecule has 1 aromatic rings. The van der Waals surface area contributed by atoms with Crippen molar-refractivity contribution in [1.82, 2.24) is 0 Å². The Kier molecular flexibility index (Phi) is 3.81. The molecule has 1 nitrogen and oxygen atoms in total. The summed E-state index contributed by atoms with van der Waals surface area (Å²) >= 11 is 0. The van der Waals surface area contributed by atoms with Gasteiger partial charge < -0.3 is 5.32 Å². The maximum absolute atomic E-state index is 3.51. The first-order chi connectivity index (χ1) is 6.27. The topological polar surface area (TPSA) is 12.0 Å². The smallest absolute Gasteiger partial charge is 0.0374 e. The van der Waals surface area contributed by atoms with E-state index in [-0.39, 0.29) is 0 Å². The predicted molar refractivity (Wildman–Crippen MR) is 59.2 cm³/mol. The number of hydrogen-bond acceptors (Lipinski definition) is 1. The van der Waals surface area contributed by atoms with Crippen LogP contribution in [0.5, 0.6) is 0 Å². The van der Waals surface area contributed by atoms with Gasteiger partial charge in [0, 0.05) is 11.7 Å². The third kappa shape index (κ3) is 2.76. The quantitative estimate of drug-likeness (QED) is 0.742. The van der Waals surface area contributed by atoms with Crippen LogP contribution in [-0.2, 0) is 6.42 Å². The minimum absolute atomic E-state index is 0.563. The highest BCUT2D eigenvalue weighted by atomic mass is 14.9. The Morgan fingerprint density at radius 1 is 1.23 bits per heavy atom. The molecule has 0 saturated heterocycles. The van der Waals surface area contributed by atoms with Crippen molar-refractivity contribution in [3.8, 4) is 0 Å². The molecule has 72 valence electrons. The van der Waals surface area contributed by atoms with Gasteiger partial charge in [-0.05, 0) is 31.4 Å². The van der Waals surface area contributed by atoms with Crippen LogP contribution < -0.4 is 5.32 Å². The number of aryl methyl sites for hydroxylation is 1. The van der Waals surface area contributed by atoms with Crippen molar-refractivity contribution >= 4 is 5.69 Å². The Balaban J connectivity index is 2.74. The van der Waals surface area contributed by atoms with Gasteiger partial charge in [0.05, 0.1) is 0 Å². The number of rotatable bonds is 4. The normalized spacial score (nSPS) is 12.5. The molecule has 0 aliphatic rings. The lowest BCUT2D eigenvalue weighted by atomic mass is 10.1. The summed E-state index contributed by atoms with van der Waals surface area (Å²) < 4.78 is 0. The third-order valence-electron chi connectivity index (χ3n) is 2.41. The minimum Gasteiger partial charge on any atom is -0.382 e. The standard InChI is InChI=1S/C12H19N/c1-4-10(3)13-12-9-7-6-8-11(12)5-2/h6-10,13H,4-5H2,1-3H3/t10-/m1/s1. The molecule has 0 spiro atoms. The molecular formula is C12H19N. The molecule has 0 amide bonds. The maximum Gasteiger partial charge on any atom is 0.0374 e. The average molecular weight is 177 g/mol. The van der Waals surface area contributed by atoms with E-state index in [1.807, 2.05) is 0 Å². The van der Waals surface area contributed by atoms with Crippen LogP contribution in [0.2, 0.25) is 0 Å². The number of hydrogen-bond donors (Lipinski definition) is 1. The molecule has 0 bridgehead atoms. The summed E-state index contributed by atoms with van der Waals surface area (Å²) in [5.41, 5.74) is 2.70. The summed E-state index contributed by atoms with van der Waals surface area (Å²) in [6.07, 6.45) is 2.26. The van der Waals surface area contributed by atoms with Crippen LogP contribution in [0.4, 0.5) is 5.69 Å². The van der Waals surface area contributed by atoms with E-state index in [0.717, 1.165) is 12.8 Å². The largest absolute Gasteiger partial charge is 0.382 e. The Labute approximate surface area is 81.2 Å². The number of anilines is 1. The third-order valence-corrected chi connectivity index (χ3v) is 2.41. The molecule has 1 atom stereocenters. The molecule has 0 saturated carbocycles. The summed E-state index contributed by atoms with van der Waals surface area (Å²) in [6.45, 7) is 6.61.